The molecule has 0 bridgehead atoms. The summed E-state index contributed by atoms with van der Waals surface area (Å²) in [6, 6.07) is 0. The lowest BCUT2D eigenvalue weighted by atomic mass is 10.1. The minimum atomic E-state index is -0.215. The first-order valence-electron chi connectivity index (χ1n) is 6.16. The third-order valence-corrected chi connectivity index (χ3v) is 5.99. The number of nitrogens with two attached hydrogens (primary N) is 2. The van der Waals surface area contributed by atoms with E-state index in [0.717, 1.165) is 37.2 Å². The molecule has 108 valence electrons. The zero-order valence-corrected chi connectivity index (χ0v) is 13.1. The van der Waals surface area contributed by atoms with Gasteiger partial charge in [-0.3, -0.25) is 4.79 Å². The van der Waals surface area contributed by atoms with Gasteiger partial charge < -0.3 is 16.6 Å². The van der Waals surface area contributed by atoms with E-state index < -0.39 is 0 Å². The number of amides is 1. The van der Waals surface area contributed by atoms with Gasteiger partial charge in [-0.15, -0.1) is 11.8 Å². The maximum atomic E-state index is 10.6. The van der Waals surface area contributed by atoms with E-state index in [1.807, 2.05) is 10.8 Å². The second kappa shape index (κ2) is 13.9. The van der Waals surface area contributed by atoms with Gasteiger partial charge in [0.2, 0.25) is 5.91 Å². The number of rotatable bonds is 13. The molecule has 4 nitrogen and oxygen atoms in total. The van der Waals surface area contributed by atoms with Crippen LogP contribution in [0.5, 0.6) is 0 Å². The number of aliphatic hydroxyl groups is 1. The molecule has 0 rings (SSSR count). The van der Waals surface area contributed by atoms with Crippen molar-refractivity contribution in [2.45, 2.75) is 37.4 Å². The quantitative estimate of drug-likeness (QED) is 0.273. The minimum absolute atomic E-state index is 0.215. The highest BCUT2D eigenvalue weighted by molar-refractivity contribution is 8.76. The van der Waals surface area contributed by atoms with Crippen molar-refractivity contribution in [3.8, 4) is 0 Å². The molecule has 0 fully saturated rings. The molecule has 0 aromatic rings. The number of primary amides is 1. The lowest BCUT2D eigenvalue weighted by Crippen LogP contribution is -2.10. The molecule has 0 spiro atoms. The predicted molar refractivity (Wildman–Crippen MR) is 84.7 cm³/mol. The maximum Gasteiger partial charge on any atom is 0.217 e. The summed E-state index contributed by atoms with van der Waals surface area (Å²) in [7, 11) is 3.56. The van der Waals surface area contributed by atoms with Crippen LogP contribution in [-0.2, 0) is 4.79 Å². The molecule has 0 aromatic carbocycles. The van der Waals surface area contributed by atoms with Gasteiger partial charge in [0.15, 0.2) is 0 Å². The van der Waals surface area contributed by atoms with Crippen molar-refractivity contribution in [3.05, 3.63) is 0 Å². The third kappa shape index (κ3) is 12.9. The lowest BCUT2D eigenvalue weighted by Gasteiger charge is -2.15. The first kappa shape index (κ1) is 18.4. The molecule has 0 aromatic heterocycles. The smallest absolute Gasteiger partial charge is 0.217 e. The van der Waals surface area contributed by atoms with Crippen LogP contribution in [-0.4, -0.2) is 40.3 Å². The van der Waals surface area contributed by atoms with Gasteiger partial charge in [-0.2, -0.15) is 0 Å². The number of aliphatic hydroxyl groups excluding tert-OH is 1. The van der Waals surface area contributed by atoms with Gasteiger partial charge in [-0.05, 0) is 25.0 Å². The van der Waals surface area contributed by atoms with Gasteiger partial charge in [-0.25, -0.2) is 0 Å². The van der Waals surface area contributed by atoms with Crippen molar-refractivity contribution in [3.63, 3.8) is 0 Å². The minimum Gasteiger partial charge on any atom is -0.395 e. The number of carbonyl (C=O) groups excluding carboxylic acids is 1. The topological polar surface area (TPSA) is 89.3 Å². The molecule has 0 heterocycles. The van der Waals surface area contributed by atoms with E-state index in [1.54, 1.807) is 22.6 Å². The van der Waals surface area contributed by atoms with Crippen LogP contribution in [0.2, 0.25) is 0 Å². The highest BCUT2D eigenvalue weighted by Gasteiger charge is 2.10. The molecule has 1 amide bonds. The maximum absolute atomic E-state index is 10.6. The Kier molecular flexibility index (Phi) is 14.2. The fourth-order valence-electron chi connectivity index (χ4n) is 1.39. The lowest BCUT2D eigenvalue weighted by molar-refractivity contribution is -0.118. The van der Waals surface area contributed by atoms with Crippen LogP contribution in [0.4, 0.5) is 0 Å². The Morgan fingerprint density at radius 1 is 1.22 bits per heavy atom. The van der Waals surface area contributed by atoms with Crippen molar-refractivity contribution in [1.82, 2.24) is 0 Å². The average Bonchev–Trinajstić information content (AvgIpc) is 2.34. The van der Waals surface area contributed by atoms with Crippen LogP contribution in [0.25, 0.3) is 0 Å². The molecule has 0 aliphatic carbocycles. The summed E-state index contributed by atoms with van der Waals surface area (Å²) in [5.41, 5.74) is 10.6. The van der Waals surface area contributed by atoms with E-state index in [9.17, 15) is 4.79 Å². The Labute approximate surface area is 122 Å². The van der Waals surface area contributed by atoms with Gasteiger partial charge in [0.05, 0.1) is 6.61 Å². The van der Waals surface area contributed by atoms with Gasteiger partial charge in [0.1, 0.15) is 0 Å². The Morgan fingerprint density at radius 2 is 2.00 bits per heavy atom. The Balaban J connectivity index is 3.69. The summed E-state index contributed by atoms with van der Waals surface area (Å²) < 4.78 is 0. The predicted octanol–water partition coefficient (Wildman–Crippen LogP) is 1.81. The second-order valence-corrected chi connectivity index (χ2v) is 7.78. The summed E-state index contributed by atoms with van der Waals surface area (Å²) in [6.07, 6.45) is 4.62. The van der Waals surface area contributed by atoms with Crippen molar-refractivity contribution < 1.29 is 9.90 Å². The van der Waals surface area contributed by atoms with Crippen molar-refractivity contribution in [2.75, 3.05) is 24.0 Å². The zero-order valence-electron chi connectivity index (χ0n) is 10.7. The number of hydrogen-bond acceptors (Lipinski definition) is 6. The molecular weight excluding hydrogens is 288 g/mol. The van der Waals surface area contributed by atoms with E-state index in [2.05, 4.69) is 0 Å². The SMILES string of the molecule is NCSCC[C@H](CCCCC(N)=O)SSCCO. The number of unbranched alkanes of at least 4 members (excludes halogenated alkanes) is 1. The number of thioether (sulfide) groups is 1. The van der Waals surface area contributed by atoms with Gasteiger partial charge >= 0.3 is 0 Å². The van der Waals surface area contributed by atoms with E-state index in [-0.39, 0.29) is 12.5 Å². The first-order valence-corrected chi connectivity index (χ1v) is 9.69. The summed E-state index contributed by atoms with van der Waals surface area (Å²) in [5.74, 6) is 2.30. The fourth-order valence-corrected chi connectivity index (χ4v) is 4.67. The van der Waals surface area contributed by atoms with Crippen LogP contribution >= 0.6 is 33.3 Å². The van der Waals surface area contributed by atoms with E-state index in [1.165, 1.54) is 0 Å². The molecule has 0 aliphatic heterocycles. The molecule has 0 saturated carbocycles. The normalized spacial score (nSPS) is 12.6. The summed E-state index contributed by atoms with van der Waals surface area (Å²) >= 11 is 1.75. The second-order valence-electron chi connectivity index (χ2n) is 3.84. The van der Waals surface area contributed by atoms with Crippen molar-refractivity contribution >= 4 is 39.3 Å². The third-order valence-electron chi connectivity index (χ3n) is 2.28. The highest BCUT2D eigenvalue weighted by Crippen LogP contribution is 2.32. The highest BCUT2D eigenvalue weighted by atomic mass is 33.1. The van der Waals surface area contributed by atoms with Gasteiger partial charge in [-0.1, -0.05) is 28.0 Å². The fraction of sp³-hybridized carbons (Fsp3) is 0.909. The van der Waals surface area contributed by atoms with Crippen LogP contribution in [0.15, 0.2) is 0 Å². The molecule has 0 radical (unpaired) electrons. The summed E-state index contributed by atoms with van der Waals surface area (Å²) in [6.45, 7) is 0.226. The standard InChI is InChI=1S/C11H24N2O2S3/c12-9-16-7-5-10(18-17-8-6-14)3-1-2-4-11(13)15/h10,14H,1-9,12H2,(H2,13,15)/t10-/m0/s1. The van der Waals surface area contributed by atoms with Crippen molar-refractivity contribution in [1.29, 1.82) is 0 Å². The van der Waals surface area contributed by atoms with Gasteiger partial charge in [0.25, 0.3) is 0 Å². The molecule has 1 atom stereocenters. The summed E-state index contributed by atoms with van der Waals surface area (Å²) in [4.78, 5) is 10.6. The Morgan fingerprint density at radius 3 is 2.61 bits per heavy atom. The Bertz CT molecular complexity index is 199. The molecule has 0 unspecified atom stereocenters. The monoisotopic (exact) mass is 312 g/mol. The van der Waals surface area contributed by atoms with Crippen LogP contribution in [0.1, 0.15) is 32.1 Å². The summed E-state index contributed by atoms with van der Waals surface area (Å²) in [5, 5.41) is 9.34. The zero-order chi connectivity index (χ0) is 13.6. The first-order chi connectivity index (χ1) is 8.70. The van der Waals surface area contributed by atoms with E-state index >= 15 is 0 Å². The Hall–Kier alpha value is 0.440. The molecule has 7 heteroatoms. The molecule has 0 saturated heterocycles. The largest absolute Gasteiger partial charge is 0.395 e. The van der Waals surface area contributed by atoms with Crippen LogP contribution in [0, 0.1) is 0 Å². The average molecular weight is 313 g/mol. The van der Waals surface area contributed by atoms with Crippen LogP contribution < -0.4 is 11.5 Å². The molecular formula is C11H24N2O2S3. The van der Waals surface area contributed by atoms with E-state index in [4.69, 9.17) is 16.6 Å². The van der Waals surface area contributed by atoms with E-state index in [0.29, 0.717) is 17.5 Å². The van der Waals surface area contributed by atoms with Gasteiger partial charge in [0, 0.05) is 23.3 Å². The molecule has 18 heavy (non-hydrogen) atoms. The molecule has 5 N–H and O–H groups in total. The number of hydrogen-bond donors (Lipinski definition) is 3. The number of carbonyl (C=O) groups is 1. The van der Waals surface area contributed by atoms with Crippen molar-refractivity contribution in [2.24, 2.45) is 11.5 Å². The van der Waals surface area contributed by atoms with Crippen LogP contribution in [0.3, 0.4) is 0 Å². The molecule has 0 aliphatic rings.